The van der Waals surface area contributed by atoms with Crippen LogP contribution in [-0.2, 0) is 0 Å². The minimum Gasteiger partial charge on any atom is -0.232 e. The molecule has 0 aromatic carbocycles. The van der Waals surface area contributed by atoms with E-state index in [1.807, 2.05) is 0 Å². The fraction of sp³-hybridized carbons (Fsp3) is 0.286. The van der Waals surface area contributed by atoms with Gasteiger partial charge in [-0.05, 0) is 0 Å². The van der Waals surface area contributed by atoms with Crippen molar-refractivity contribution < 1.29 is 4.39 Å². The summed E-state index contributed by atoms with van der Waals surface area (Å²) in [5.41, 5.74) is 0. The molecule has 62 valence electrons. The molecule has 0 bridgehead atoms. The van der Waals surface area contributed by atoms with Crippen molar-refractivity contribution in [1.82, 2.24) is 9.97 Å². The Kier molecular flexibility index (Phi) is 1.69. The smallest absolute Gasteiger partial charge is 0.232 e. The Labute approximate surface area is 68.8 Å². The molecule has 0 saturated carbocycles. The van der Waals surface area contributed by atoms with Gasteiger partial charge in [0.05, 0.1) is 12.4 Å². The monoisotopic (exact) mass is 166 g/mol. The molecule has 1 aromatic rings. The van der Waals surface area contributed by atoms with Crippen LogP contribution >= 0.6 is 0 Å². The minimum absolute atomic E-state index is 0.429. The van der Waals surface area contributed by atoms with E-state index in [9.17, 15) is 4.39 Å². The van der Waals surface area contributed by atoms with Crippen LogP contribution in [-0.4, -0.2) is 22.7 Å². The SMILES string of the molecule is Fc1cnc(N2CCC=N2)nc1. The zero-order chi connectivity index (χ0) is 8.39. The van der Waals surface area contributed by atoms with Crippen LogP contribution in [0.15, 0.2) is 17.5 Å². The Hall–Kier alpha value is -1.52. The highest BCUT2D eigenvalue weighted by atomic mass is 19.1. The molecule has 0 spiro atoms. The zero-order valence-corrected chi connectivity index (χ0v) is 6.31. The number of hydrogen-bond acceptors (Lipinski definition) is 4. The van der Waals surface area contributed by atoms with Crippen LogP contribution in [0, 0.1) is 5.82 Å². The van der Waals surface area contributed by atoms with E-state index in [-0.39, 0.29) is 0 Å². The Balaban J connectivity index is 2.23. The first-order valence-electron chi connectivity index (χ1n) is 3.64. The molecule has 0 atom stereocenters. The minimum atomic E-state index is -0.429. The van der Waals surface area contributed by atoms with Crippen molar-refractivity contribution in [1.29, 1.82) is 0 Å². The molecule has 0 N–H and O–H groups in total. The molecule has 0 unspecified atom stereocenters. The van der Waals surface area contributed by atoms with Gasteiger partial charge in [-0.15, -0.1) is 0 Å². The number of aromatic nitrogens is 2. The summed E-state index contributed by atoms with van der Waals surface area (Å²) in [6.45, 7) is 0.769. The van der Waals surface area contributed by atoms with Crippen molar-refractivity contribution >= 4 is 12.2 Å². The van der Waals surface area contributed by atoms with Gasteiger partial charge in [0.1, 0.15) is 0 Å². The highest BCUT2D eigenvalue weighted by molar-refractivity contribution is 5.63. The van der Waals surface area contributed by atoms with Crippen LogP contribution in [0.3, 0.4) is 0 Å². The molecule has 0 fully saturated rings. The van der Waals surface area contributed by atoms with Gasteiger partial charge in [0.25, 0.3) is 0 Å². The van der Waals surface area contributed by atoms with E-state index in [0.717, 1.165) is 25.4 Å². The molecule has 4 nitrogen and oxygen atoms in total. The Bertz CT molecular complexity index is 295. The van der Waals surface area contributed by atoms with Crippen molar-refractivity contribution in [3.05, 3.63) is 18.2 Å². The predicted molar refractivity (Wildman–Crippen MR) is 42.4 cm³/mol. The Morgan fingerprint density at radius 2 is 2.08 bits per heavy atom. The molecule has 0 amide bonds. The maximum atomic E-state index is 12.4. The summed E-state index contributed by atoms with van der Waals surface area (Å²) in [6.07, 6.45) is 4.94. The first-order chi connectivity index (χ1) is 5.86. The topological polar surface area (TPSA) is 41.4 Å². The second kappa shape index (κ2) is 2.84. The Morgan fingerprint density at radius 3 is 2.67 bits per heavy atom. The van der Waals surface area contributed by atoms with Gasteiger partial charge in [0.15, 0.2) is 5.82 Å². The van der Waals surface area contributed by atoms with E-state index < -0.39 is 5.82 Å². The van der Waals surface area contributed by atoms with Crippen molar-refractivity contribution in [2.75, 3.05) is 11.6 Å². The zero-order valence-electron chi connectivity index (χ0n) is 6.31. The average Bonchev–Trinajstić information content (AvgIpc) is 2.58. The predicted octanol–water partition coefficient (Wildman–Crippen LogP) is 0.812. The van der Waals surface area contributed by atoms with Crippen molar-refractivity contribution in [2.45, 2.75) is 6.42 Å². The lowest BCUT2D eigenvalue weighted by Crippen LogP contribution is -2.14. The standard InChI is InChI=1S/C7H7FN4/c8-6-4-9-7(10-5-6)12-3-1-2-11-12/h2,4-5H,1,3H2. The second-order valence-corrected chi connectivity index (χ2v) is 2.41. The maximum absolute atomic E-state index is 12.4. The number of halogens is 1. The summed E-state index contributed by atoms with van der Waals surface area (Å²) >= 11 is 0. The molecule has 5 heteroatoms. The van der Waals surface area contributed by atoms with E-state index in [4.69, 9.17) is 0 Å². The second-order valence-electron chi connectivity index (χ2n) is 2.41. The van der Waals surface area contributed by atoms with Crippen molar-refractivity contribution in [3.63, 3.8) is 0 Å². The molecule has 2 heterocycles. The molecular weight excluding hydrogens is 159 g/mol. The lowest BCUT2D eigenvalue weighted by atomic mass is 10.5. The van der Waals surface area contributed by atoms with Gasteiger partial charge in [-0.1, -0.05) is 0 Å². The highest BCUT2D eigenvalue weighted by Crippen LogP contribution is 2.10. The van der Waals surface area contributed by atoms with Crippen molar-refractivity contribution in [2.24, 2.45) is 5.10 Å². The summed E-state index contributed by atoms with van der Waals surface area (Å²) < 4.78 is 12.4. The number of hydrazone groups is 1. The van der Waals surface area contributed by atoms with E-state index in [2.05, 4.69) is 15.1 Å². The van der Waals surface area contributed by atoms with E-state index in [1.54, 1.807) is 11.2 Å². The van der Waals surface area contributed by atoms with E-state index in [1.165, 1.54) is 0 Å². The third kappa shape index (κ3) is 1.25. The molecule has 0 radical (unpaired) electrons. The Morgan fingerprint density at radius 1 is 1.33 bits per heavy atom. The molecule has 1 aromatic heterocycles. The third-order valence-corrected chi connectivity index (χ3v) is 1.53. The largest absolute Gasteiger partial charge is 0.246 e. The first kappa shape index (κ1) is 7.15. The summed E-state index contributed by atoms with van der Waals surface area (Å²) in [7, 11) is 0. The number of rotatable bonds is 1. The van der Waals surface area contributed by atoms with Gasteiger partial charge >= 0.3 is 0 Å². The quantitative estimate of drug-likeness (QED) is 0.620. The lowest BCUT2D eigenvalue weighted by molar-refractivity contribution is 0.612. The fourth-order valence-electron chi connectivity index (χ4n) is 0.984. The van der Waals surface area contributed by atoms with Gasteiger partial charge < -0.3 is 0 Å². The first-order valence-corrected chi connectivity index (χ1v) is 3.64. The summed E-state index contributed by atoms with van der Waals surface area (Å²) in [4.78, 5) is 7.57. The van der Waals surface area contributed by atoms with Gasteiger partial charge in [-0.2, -0.15) is 5.10 Å². The van der Waals surface area contributed by atoms with Crippen LogP contribution in [0.2, 0.25) is 0 Å². The number of hydrogen-bond donors (Lipinski definition) is 0. The van der Waals surface area contributed by atoms with E-state index in [0.29, 0.717) is 5.95 Å². The molecule has 1 aliphatic rings. The molecule has 0 aliphatic carbocycles. The fourth-order valence-corrected chi connectivity index (χ4v) is 0.984. The van der Waals surface area contributed by atoms with Crippen LogP contribution in [0.4, 0.5) is 10.3 Å². The van der Waals surface area contributed by atoms with Crippen LogP contribution < -0.4 is 5.01 Å². The average molecular weight is 166 g/mol. The summed E-state index contributed by atoms with van der Waals surface area (Å²) in [5.74, 6) is 0.0204. The van der Waals surface area contributed by atoms with Crippen LogP contribution in [0.1, 0.15) is 6.42 Å². The molecule has 0 saturated heterocycles. The van der Waals surface area contributed by atoms with Gasteiger partial charge in [-0.25, -0.2) is 19.4 Å². The van der Waals surface area contributed by atoms with Gasteiger partial charge in [0.2, 0.25) is 5.95 Å². The van der Waals surface area contributed by atoms with E-state index >= 15 is 0 Å². The van der Waals surface area contributed by atoms with Gasteiger partial charge in [-0.3, -0.25) is 0 Å². The maximum Gasteiger partial charge on any atom is 0.246 e. The number of anilines is 1. The summed E-state index contributed by atoms with van der Waals surface area (Å²) in [6, 6.07) is 0. The van der Waals surface area contributed by atoms with Crippen LogP contribution in [0.25, 0.3) is 0 Å². The van der Waals surface area contributed by atoms with Gasteiger partial charge in [0, 0.05) is 19.2 Å². The third-order valence-electron chi connectivity index (χ3n) is 1.53. The molecule has 2 rings (SSSR count). The molecule has 1 aliphatic heterocycles. The molecular formula is C7H7FN4. The summed E-state index contributed by atoms with van der Waals surface area (Å²) in [5, 5.41) is 5.63. The lowest BCUT2D eigenvalue weighted by Gasteiger charge is -2.09. The molecule has 12 heavy (non-hydrogen) atoms. The highest BCUT2D eigenvalue weighted by Gasteiger charge is 2.10. The van der Waals surface area contributed by atoms with Crippen molar-refractivity contribution in [3.8, 4) is 0 Å². The number of nitrogens with zero attached hydrogens (tertiary/aromatic N) is 4. The van der Waals surface area contributed by atoms with Crippen LogP contribution in [0.5, 0.6) is 0 Å². The normalized spacial score (nSPS) is 15.6.